The Bertz CT molecular complexity index is 240. The molecule has 0 spiro atoms. The van der Waals surface area contributed by atoms with Crippen LogP contribution in [0, 0.1) is 0 Å². The highest BCUT2D eigenvalue weighted by Crippen LogP contribution is 2.03. The van der Waals surface area contributed by atoms with Gasteiger partial charge in [-0.1, -0.05) is 22.5 Å². The topological polar surface area (TPSA) is 58.2 Å². The molecule has 0 aliphatic carbocycles. The van der Waals surface area contributed by atoms with E-state index < -0.39 is 6.04 Å². The Morgan fingerprint density at radius 1 is 1.75 bits per heavy atom. The molecule has 0 bridgehead atoms. The molecule has 1 unspecified atom stereocenters. The number of halogens is 1. The summed E-state index contributed by atoms with van der Waals surface area (Å²) in [5.74, 6) is -0.480. The minimum Gasteiger partial charge on any atom is -0.301 e. The number of amides is 2. The van der Waals surface area contributed by atoms with Crippen LogP contribution in [-0.4, -0.2) is 24.4 Å². The maximum absolute atomic E-state index is 11.0. The third-order valence-corrected chi connectivity index (χ3v) is 1.79. The molecule has 1 aliphatic rings. The van der Waals surface area contributed by atoms with Crippen LogP contribution in [-0.2, 0) is 9.59 Å². The molecule has 2 N–H and O–H groups in total. The van der Waals surface area contributed by atoms with Crippen LogP contribution in [0.5, 0.6) is 0 Å². The van der Waals surface area contributed by atoms with E-state index in [1.807, 2.05) is 0 Å². The second-order valence-electron chi connectivity index (χ2n) is 2.57. The van der Waals surface area contributed by atoms with E-state index >= 15 is 0 Å². The van der Waals surface area contributed by atoms with Gasteiger partial charge in [-0.15, -0.1) is 0 Å². The summed E-state index contributed by atoms with van der Waals surface area (Å²) in [4.78, 5) is 21.7. The molecule has 1 saturated heterocycles. The van der Waals surface area contributed by atoms with Crippen LogP contribution in [0.3, 0.4) is 0 Å². The van der Waals surface area contributed by atoms with Gasteiger partial charge in [-0.25, -0.2) is 0 Å². The van der Waals surface area contributed by atoms with Gasteiger partial charge < -0.3 is 5.32 Å². The van der Waals surface area contributed by atoms with Crippen molar-refractivity contribution >= 4 is 27.7 Å². The number of nitrogens with one attached hydrogen (secondary N) is 2. The SMILES string of the molecule is C=C(Br)CNC1CC(=O)NC1=O. The fraction of sp³-hybridized carbons (Fsp3) is 0.429. The number of imide groups is 1. The van der Waals surface area contributed by atoms with Crippen molar-refractivity contribution in [3.05, 3.63) is 11.1 Å². The summed E-state index contributed by atoms with van der Waals surface area (Å²) in [5, 5.41) is 5.09. The zero-order chi connectivity index (χ0) is 9.14. The monoisotopic (exact) mass is 232 g/mol. The zero-order valence-electron chi connectivity index (χ0n) is 6.39. The predicted octanol–water partition coefficient (Wildman–Crippen LogP) is -0.100. The smallest absolute Gasteiger partial charge is 0.244 e. The van der Waals surface area contributed by atoms with Gasteiger partial charge in [0, 0.05) is 11.0 Å². The fourth-order valence-corrected chi connectivity index (χ4v) is 1.11. The maximum Gasteiger partial charge on any atom is 0.244 e. The molecule has 5 heteroatoms. The third-order valence-electron chi connectivity index (χ3n) is 1.51. The van der Waals surface area contributed by atoms with Crippen LogP contribution in [0.15, 0.2) is 11.1 Å². The largest absolute Gasteiger partial charge is 0.301 e. The van der Waals surface area contributed by atoms with Gasteiger partial charge in [0.1, 0.15) is 0 Å². The lowest BCUT2D eigenvalue weighted by atomic mass is 10.2. The molecular formula is C7H9BrN2O2. The Labute approximate surface area is 78.5 Å². The first-order chi connectivity index (χ1) is 5.59. The molecule has 12 heavy (non-hydrogen) atoms. The number of hydrogen-bond donors (Lipinski definition) is 2. The molecule has 1 atom stereocenters. The molecule has 2 amide bonds. The van der Waals surface area contributed by atoms with E-state index in [0.717, 1.165) is 4.48 Å². The van der Waals surface area contributed by atoms with Crippen molar-refractivity contribution in [2.75, 3.05) is 6.54 Å². The summed E-state index contributed by atoms with van der Waals surface area (Å²) in [6.07, 6.45) is 0.221. The standard InChI is InChI=1S/C7H9BrN2O2/c1-4(8)3-9-5-2-6(11)10-7(5)12/h5,9H,1-3H2,(H,10,11,12). The lowest BCUT2D eigenvalue weighted by Gasteiger charge is -2.06. The predicted molar refractivity (Wildman–Crippen MR) is 47.6 cm³/mol. The Morgan fingerprint density at radius 2 is 2.42 bits per heavy atom. The van der Waals surface area contributed by atoms with E-state index in [9.17, 15) is 9.59 Å². The van der Waals surface area contributed by atoms with Gasteiger partial charge in [0.05, 0.1) is 12.5 Å². The maximum atomic E-state index is 11.0. The van der Waals surface area contributed by atoms with Gasteiger partial charge in [-0.2, -0.15) is 0 Å². The van der Waals surface area contributed by atoms with Crippen LogP contribution in [0.25, 0.3) is 0 Å². The van der Waals surface area contributed by atoms with Gasteiger partial charge in [0.15, 0.2) is 0 Å². The molecule has 1 heterocycles. The molecular weight excluding hydrogens is 224 g/mol. The Balaban J connectivity index is 2.38. The molecule has 0 aromatic carbocycles. The van der Waals surface area contributed by atoms with Crippen molar-refractivity contribution in [1.82, 2.24) is 10.6 Å². The Kier molecular flexibility index (Phi) is 2.99. The first-order valence-corrected chi connectivity index (χ1v) is 4.29. The second kappa shape index (κ2) is 3.82. The Morgan fingerprint density at radius 3 is 2.83 bits per heavy atom. The molecule has 1 rings (SSSR count). The van der Waals surface area contributed by atoms with Crippen molar-refractivity contribution in [3.63, 3.8) is 0 Å². The van der Waals surface area contributed by atoms with Crippen LogP contribution in [0.1, 0.15) is 6.42 Å². The van der Waals surface area contributed by atoms with Crippen molar-refractivity contribution in [2.45, 2.75) is 12.5 Å². The van der Waals surface area contributed by atoms with Crippen molar-refractivity contribution < 1.29 is 9.59 Å². The van der Waals surface area contributed by atoms with Gasteiger partial charge in [0.25, 0.3) is 0 Å². The molecule has 0 aromatic rings. The van der Waals surface area contributed by atoms with E-state index in [2.05, 4.69) is 33.1 Å². The van der Waals surface area contributed by atoms with E-state index in [4.69, 9.17) is 0 Å². The van der Waals surface area contributed by atoms with E-state index in [1.165, 1.54) is 0 Å². The van der Waals surface area contributed by atoms with Crippen LogP contribution in [0.4, 0.5) is 0 Å². The van der Waals surface area contributed by atoms with Gasteiger partial charge in [-0.3, -0.25) is 14.9 Å². The lowest BCUT2D eigenvalue weighted by molar-refractivity contribution is -0.125. The normalized spacial score (nSPS) is 22.6. The number of carbonyl (C=O) groups is 2. The third kappa shape index (κ3) is 2.42. The van der Waals surface area contributed by atoms with Crippen LogP contribution < -0.4 is 10.6 Å². The van der Waals surface area contributed by atoms with Gasteiger partial charge in [0.2, 0.25) is 11.8 Å². The fourth-order valence-electron chi connectivity index (χ4n) is 0.952. The van der Waals surface area contributed by atoms with E-state index in [-0.39, 0.29) is 18.2 Å². The average molecular weight is 233 g/mol. The molecule has 1 aliphatic heterocycles. The lowest BCUT2D eigenvalue weighted by Crippen LogP contribution is -2.36. The number of hydrogen-bond acceptors (Lipinski definition) is 3. The number of rotatable bonds is 3. The summed E-state index contributed by atoms with van der Waals surface area (Å²) in [6.45, 7) is 4.09. The summed E-state index contributed by atoms with van der Waals surface area (Å²) in [7, 11) is 0. The molecule has 0 aromatic heterocycles. The molecule has 0 radical (unpaired) electrons. The summed E-state index contributed by atoms with van der Waals surface area (Å²) in [5.41, 5.74) is 0. The van der Waals surface area contributed by atoms with E-state index in [0.29, 0.717) is 6.54 Å². The molecule has 66 valence electrons. The Hall–Kier alpha value is -0.680. The molecule has 1 fully saturated rings. The number of carbonyl (C=O) groups excluding carboxylic acids is 2. The second-order valence-corrected chi connectivity index (χ2v) is 3.69. The minimum atomic E-state index is -0.396. The summed E-state index contributed by atoms with van der Waals surface area (Å²) >= 11 is 3.14. The molecule has 4 nitrogen and oxygen atoms in total. The van der Waals surface area contributed by atoms with Crippen LogP contribution >= 0.6 is 15.9 Å². The highest BCUT2D eigenvalue weighted by molar-refractivity contribution is 9.11. The quantitative estimate of drug-likeness (QED) is 0.669. The van der Waals surface area contributed by atoms with E-state index in [1.54, 1.807) is 0 Å². The average Bonchev–Trinajstić information content (AvgIpc) is 2.26. The highest BCUT2D eigenvalue weighted by Gasteiger charge is 2.29. The summed E-state index contributed by atoms with van der Waals surface area (Å²) in [6, 6.07) is -0.396. The highest BCUT2D eigenvalue weighted by atomic mass is 79.9. The van der Waals surface area contributed by atoms with Crippen molar-refractivity contribution in [2.24, 2.45) is 0 Å². The van der Waals surface area contributed by atoms with Crippen LogP contribution in [0.2, 0.25) is 0 Å². The first kappa shape index (κ1) is 9.41. The van der Waals surface area contributed by atoms with Crippen molar-refractivity contribution in [1.29, 1.82) is 0 Å². The van der Waals surface area contributed by atoms with Gasteiger partial charge >= 0.3 is 0 Å². The zero-order valence-corrected chi connectivity index (χ0v) is 7.98. The molecule has 0 saturated carbocycles. The minimum absolute atomic E-state index is 0.221. The summed E-state index contributed by atoms with van der Waals surface area (Å²) < 4.78 is 0.759. The van der Waals surface area contributed by atoms with Gasteiger partial charge in [-0.05, 0) is 0 Å². The first-order valence-electron chi connectivity index (χ1n) is 3.50. The van der Waals surface area contributed by atoms with Crippen molar-refractivity contribution in [3.8, 4) is 0 Å².